The third-order valence-electron chi connectivity index (χ3n) is 6.30. The van der Waals surface area contributed by atoms with Crippen LogP contribution in [0.1, 0.15) is 16.7 Å². The van der Waals surface area contributed by atoms with Gasteiger partial charge in [-0.2, -0.15) is 0 Å². The molecule has 6 heteroatoms. The van der Waals surface area contributed by atoms with Crippen molar-refractivity contribution in [3.8, 4) is 17.2 Å². The van der Waals surface area contributed by atoms with Crippen LogP contribution in [0.4, 0.5) is 0 Å². The molecular formula is C34H41O5P. The van der Waals surface area contributed by atoms with Crippen molar-refractivity contribution in [2.75, 3.05) is 33.2 Å². The van der Waals surface area contributed by atoms with Gasteiger partial charge in [-0.3, -0.25) is 0 Å². The standard InChI is InChI=1S/C34H41O5P/c1-27-15-19-29(20-16-27)23-33(24-35-30-11-7-5-8-12-30)38-40(3,4)39-34(25-36-31-13-9-6-10-14-31)26-37-32-21-17-28(2)18-22-32/h5-22,33-34,40H,23-26H2,1-4H3. The van der Waals surface area contributed by atoms with Crippen LogP contribution in [0.2, 0.25) is 0 Å². The van der Waals surface area contributed by atoms with Gasteiger partial charge in [0.1, 0.15) is 0 Å². The van der Waals surface area contributed by atoms with Gasteiger partial charge in [-0.15, -0.1) is 0 Å². The van der Waals surface area contributed by atoms with E-state index in [-0.39, 0.29) is 12.2 Å². The molecule has 0 radical (unpaired) electrons. The van der Waals surface area contributed by atoms with Gasteiger partial charge in [-0.25, -0.2) is 0 Å². The zero-order valence-corrected chi connectivity index (χ0v) is 24.9. The summed E-state index contributed by atoms with van der Waals surface area (Å²) in [5, 5.41) is 0. The van der Waals surface area contributed by atoms with E-state index in [4.69, 9.17) is 23.3 Å². The molecule has 212 valence electrons. The molecule has 5 nitrogen and oxygen atoms in total. The van der Waals surface area contributed by atoms with Crippen LogP contribution < -0.4 is 14.2 Å². The van der Waals surface area contributed by atoms with E-state index in [0.717, 1.165) is 23.7 Å². The molecule has 0 saturated heterocycles. The molecule has 4 aromatic rings. The third kappa shape index (κ3) is 10.3. The first kappa shape index (κ1) is 29.6. The number of benzene rings is 4. The van der Waals surface area contributed by atoms with Crippen LogP contribution in [0.3, 0.4) is 0 Å². The molecule has 4 aromatic carbocycles. The zero-order chi connectivity index (χ0) is 28.2. The predicted molar refractivity (Wildman–Crippen MR) is 165 cm³/mol. The van der Waals surface area contributed by atoms with Crippen LogP contribution >= 0.6 is 7.72 Å². The molecule has 2 atom stereocenters. The monoisotopic (exact) mass is 560 g/mol. The molecule has 2 unspecified atom stereocenters. The molecule has 0 aliphatic rings. The average Bonchev–Trinajstić information content (AvgIpc) is 2.96. The zero-order valence-electron chi connectivity index (χ0n) is 23.9. The van der Waals surface area contributed by atoms with Gasteiger partial charge >= 0.3 is 240 Å². The summed E-state index contributed by atoms with van der Waals surface area (Å²) >= 11 is 0. The van der Waals surface area contributed by atoms with E-state index in [1.165, 1.54) is 16.7 Å². The Balaban J connectivity index is 1.44. The number of para-hydroxylation sites is 2. The van der Waals surface area contributed by atoms with Gasteiger partial charge in [0.2, 0.25) is 0 Å². The molecule has 40 heavy (non-hydrogen) atoms. The van der Waals surface area contributed by atoms with Crippen LogP contribution in [-0.2, 0) is 15.5 Å². The number of hydrogen-bond donors (Lipinski definition) is 0. The van der Waals surface area contributed by atoms with Crippen molar-refractivity contribution < 1.29 is 23.3 Å². The molecule has 0 spiro atoms. The van der Waals surface area contributed by atoms with Gasteiger partial charge in [0.25, 0.3) is 0 Å². The Hall–Kier alpha value is -3.37. The van der Waals surface area contributed by atoms with Crippen molar-refractivity contribution in [3.63, 3.8) is 0 Å². The molecule has 0 aliphatic carbocycles. The van der Waals surface area contributed by atoms with Crippen molar-refractivity contribution in [2.24, 2.45) is 0 Å². The van der Waals surface area contributed by atoms with Crippen molar-refractivity contribution in [1.82, 2.24) is 0 Å². The fourth-order valence-electron chi connectivity index (χ4n) is 4.30. The van der Waals surface area contributed by atoms with Gasteiger partial charge in [0, 0.05) is 0 Å². The van der Waals surface area contributed by atoms with Crippen molar-refractivity contribution >= 4 is 7.72 Å². The van der Waals surface area contributed by atoms with Crippen molar-refractivity contribution in [1.29, 1.82) is 0 Å². The summed E-state index contributed by atoms with van der Waals surface area (Å²) in [4.78, 5) is 0. The van der Waals surface area contributed by atoms with E-state index in [9.17, 15) is 0 Å². The quantitative estimate of drug-likeness (QED) is 0.140. The summed E-state index contributed by atoms with van der Waals surface area (Å²) in [6.45, 7) is 9.40. The van der Waals surface area contributed by atoms with Gasteiger partial charge in [-0.1, -0.05) is 0 Å². The summed E-state index contributed by atoms with van der Waals surface area (Å²) in [6, 6.07) is 36.2. The van der Waals surface area contributed by atoms with Gasteiger partial charge in [-0.05, 0) is 0 Å². The van der Waals surface area contributed by atoms with E-state index in [1.54, 1.807) is 0 Å². The van der Waals surface area contributed by atoms with Crippen LogP contribution in [0.15, 0.2) is 109 Å². The molecule has 0 N–H and O–H groups in total. The second kappa shape index (κ2) is 14.9. The van der Waals surface area contributed by atoms with E-state index in [1.807, 2.05) is 84.9 Å². The molecule has 0 heterocycles. The van der Waals surface area contributed by atoms with Crippen LogP contribution in [0.25, 0.3) is 0 Å². The predicted octanol–water partition coefficient (Wildman–Crippen LogP) is 7.69. The van der Waals surface area contributed by atoms with Crippen LogP contribution in [0.5, 0.6) is 17.2 Å². The first-order valence-corrected chi connectivity index (χ1v) is 16.6. The minimum atomic E-state index is -2.66. The molecular weight excluding hydrogens is 519 g/mol. The number of aryl methyl sites for hydroxylation is 2. The summed E-state index contributed by atoms with van der Waals surface area (Å²) in [7, 11) is -2.66. The normalized spacial score (nSPS) is 13.3. The fourth-order valence-corrected chi connectivity index (χ4v) is 6.25. The third-order valence-corrected chi connectivity index (χ3v) is 8.10. The molecule has 0 saturated carbocycles. The molecule has 0 fully saturated rings. The second-order valence-corrected chi connectivity index (χ2v) is 13.7. The Morgan fingerprint density at radius 3 is 1.40 bits per heavy atom. The summed E-state index contributed by atoms with van der Waals surface area (Å²) in [5.41, 5.74) is 3.62. The Labute approximate surface area is 239 Å². The van der Waals surface area contributed by atoms with E-state index >= 15 is 0 Å². The maximum absolute atomic E-state index is 6.72. The second-order valence-electron chi connectivity index (χ2n) is 10.4. The molecule has 0 amide bonds. The van der Waals surface area contributed by atoms with Crippen molar-refractivity contribution in [3.05, 3.63) is 126 Å². The Kier molecular flexibility index (Phi) is 11.0. The van der Waals surface area contributed by atoms with Crippen LogP contribution in [0, 0.1) is 13.8 Å². The van der Waals surface area contributed by atoms with E-state index in [2.05, 4.69) is 51.4 Å². The molecule has 4 rings (SSSR count). The maximum atomic E-state index is 6.72. The number of ether oxygens (including phenoxy) is 3. The van der Waals surface area contributed by atoms with Gasteiger partial charge in [0.15, 0.2) is 0 Å². The minimum absolute atomic E-state index is 0.182. The Morgan fingerprint density at radius 2 is 0.900 bits per heavy atom. The first-order chi connectivity index (χ1) is 19.3. The number of rotatable bonds is 15. The topological polar surface area (TPSA) is 46.2 Å². The fraction of sp³-hybridized carbons (Fsp3) is 0.294. The Bertz CT molecular complexity index is 1260. The molecule has 0 aliphatic heterocycles. The van der Waals surface area contributed by atoms with Crippen LogP contribution in [-0.4, -0.2) is 45.4 Å². The SMILES string of the molecule is Cc1ccc(CC(COc2ccccc2)O[PH](C)(C)OC(COc2ccccc2)COc2ccc(C)cc2)cc1. The first-order valence-electron chi connectivity index (χ1n) is 13.8. The molecule has 0 aromatic heterocycles. The summed E-state index contributed by atoms with van der Waals surface area (Å²) < 4.78 is 31.7. The Morgan fingerprint density at radius 1 is 0.500 bits per heavy atom. The van der Waals surface area contributed by atoms with E-state index < -0.39 is 7.72 Å². The summed E-state index contributed by atoms with van der Waals surface area (Å²) in [6.07, 6.45) is 0.217. The van der Waals surface area contributed by atoms with Gasteiger partial charge < -0.3 is 0 Å². The van der Waals surface area contributed by atoms with E-state index in [0.29, 0.717) is 19.8 Å². The molecule has 0 bridgehead atoms. The van der Waals surface area contributed by atoms with Gasteiger partial charge in [0.05, 0.1) is 0 Å². The number of hydrogen-bond acceptors (Lipinski definition) is 5. The average molecular weight is 561 g/mol. The summed E-state index contributed by atoms with van der Waals surface area (Å²) in [5.74, 6) is 2.41. The van der Waals surface area contributed by atoms with Crippen molar-refractivity contribution in [2.45, 2.75) is 32.5 Å².